The largest absolute Gasteiger partial charge is 0.481 e. The van der Waals surface area contributed by atoms with Gasteiger partial charge in [0, 0.05) is 25.6 Å². The summed E-state index contributed by atoms with van der Waals surface area (Å²) in [6.45, 7) is 4.51. The summed E-state index contributed by atoms with van der Waals surface area (Å²) in [7, 11) is 0. The fraction of sp³-hybridized carbons (Fsp3) is 0.667. The van der Waals surface area contributed by atoms with Crippen molar-refractivity contribution in [2.24, 2.45) is 5.41 Å². The Morgan fingerprint density at radius 2 is 2.31 bits per heavy atom. The number of imidazole rings is 1. The molecular formula is C12H18N2O2. The van der Waals surface area contributed by atoms with Gasteiger partial charge >= 0.3 is 5.97 Å². The standard InChI is InChI=1S/C12H18N2O2/c1-12(2,11(15)16)7-9-8-14-6-4-3-5-10(14)13-9/h8H,3-7H2,1-2H3,(H,15,16). The molecule has 2 rings (SSSR count). The second-order valence-electron chi connectivity index (χ2n) is 5.16. The lowest BCUT2D eigenvalue weighted by molar-refractivity contribution is -0.146. The van der Waals surface area contributed by atoms with E-state index in [4.69, 9.17) is 5.11 Å². The van der Waals surface area contributed by atoms with Gasteiger partial charge in [-0.2, -0.15) is 0 Å². The molecule has 16 heavy (non-hydrogen) atoms. The van der Waals surface area contributed by atoms with Crippen LogP contribution in [0, 0.1) is 5.41 Å². The Bertz CT molecular complexity index is 384. The molecule has 1 N–H and O–H groups in total. The molecule has 1 aliphatic heterocycles. The average Bonchev–Trinajstić information content (AvgIpc) is 2.58. The van der Waals surface area contributed by atoms with E-state index < -0.39 is 11.4 Å². The zero-order valence-electron chi connectivity index (χ0n) is 9.86. The molecule has 4 heteroatoms. The van der Waals surface area contributed by atoms with Gasteiger partial charge in [0.1, 0.15) is 5.82 Å². The first kappa shape index (κ1) is 11.2. The van der Waals surface area contributed by atoms with E-state index in [1.54, 1.807) is 13.8 Å². The molecule has 0 radical (unpaired) electrons. The molecule has 0 aromatic carbocycles. The van der Waals surface area contributed by atoms with Gasteiger partial charge in [-0.25, -0.2) is 4.98 Å². The number of carboxylic acid groups (broad SMARTS) is 1. The summed E-state index contributed by atoms with van der Waals surface area (Å²) in [5.41, 5.74) is 0.175. The molecule has 0 spiro atoms. The normalized spacial score (nSPS) is 15.9. The first-order valence-corrected chi connectivity index (χ1v) is 5.77. The summed E-state index contributed by atoms with van der Waals surface area (Å²) >= 11 is 0. The van der Waals surface area contributed by atoms with Crippen LogP contribution >= 0.6 is 0 Å². The van der Waals surface area contributed by atoms with Crippen molar-refractivity contribution in [2.75, 3.05) is 0 Å². The van der Waals surface area contributed by atoms with Crippen LogP contribution in [-0.4, -0.2) is 20.6 Å². The number of nitrogens with zero attached hydrogens (tertiary/aromatic N) is 2. The summed E-state index contributed by atoms with van der Waals surface area (Å²) in [6.07, 6.45) is 5.93. The Labute approximate surface area is 95.3 Å². The van der Waals surface area contributed by atoms with Crippen LogP contribution in [0.5, 0.6) is 0 Å². The van der Waals surface area contributed by atoms with Gasteiger partial charge in [0.15, 0.2) is 0 Å². The number of carboxylic acids is 1. The molecule has 88 valence electrons. The van der Waals surface area contributed by atoms with Crippen molar-refractivity contribution in [3.05, 3.63) is 17.7 Å². The van der Waals surface area contributed by atoms with Gasteiger partial charge < -0.3 is 9.67 Å². The van der Waals surface area contributed by atoms with E-state index in [1.807, 2.05) is 6.20 Å². The summed E-state index contributed by atoms with van der Waals surface area (Å²) in [4.78, 5) is 15.6. The maximum absolute atomic E-state index is 11.0. The molecule has 0 unspecified atom stereocenters. The van der Waals surface area contributed by atoms with E-state index in [1.165, 1.54) is 12.8 Å². The van der Waals surface area contributed by atoms with E-state index in [9.17, 15) is 4.79 Å². The number of hydrogen-bond donors (Lipinski definition) is 1. The molecule has 0 fully saturated rings. The number of hydrogen-bond acceptors (Lipinski definition) is 2. The molecule has 2 heterocycles. The van der Waals surface area contributed by atoms with Gasteiger partial charge in [0.25, 0.3) is 0 Å². The van der Waals surface area contributed by atoms with Crippen molar-refractivity contribution in [3.63, 3.8) is 0 Å². The van der Waals surface area contributed by atoms with Crippen molar-refractivity contribution >= 4 is 5.97 Å². The quantitative estimate of drug-likeness (QED) is 0.849. The molecule has 0 aliphatic carbocycles. The molecular weight excluding hydrogens is 204 g/mol. The Morgan fingerprint density at radius 1 is 1.56 bits per heavy atom. The molecule has 1 aliphatic rings. The Hall–Kier alpha value is -1.32. The average molecular weight is 222 g/mol. The third-order valence-corrected chi connectivity index (χ3v) is 3.16. The van der Waals surface area contributed by atoms with Gasteiger partial charge in [0.05, 0.1) is 11.1 Å². The summed E-state index contributed by atoms with van der Waals surface area (Å²) in [5, 5.41) is 9.07. The Balaban J connectivity index is 2.16. The zero-order valence-corrected chi connectivity index (χ0v) is 9.86. The summed E-state index contributed by atoms with van der Waals surface area (Å²) in [5.74, 6) is 0.348. The lowest BCUT2D eigenvalue weighted by Gasteiger charge is -2.16. The van der Waals surface area contributed by atoms with E-state index in [0.29, 0.717) is 6.42 Å². The molecule has 1 aromatic heterocycles. The zero-order chi connectivity index (χ0) is 11.8. The predicted molar refractivity (Wildman–Crippen MR) is 60.3 cm³/mol. The Morgan fingerprint density at radius 3 is 2.94 bits per heavy atom. The van der Waals surface area contributed by atoms with Crippen LogP contribution in [0.2, 0.25) is 0 Å². The first-order chi connectivity index (χ1) is 7.49. The van der Waals surface area contributed by atoms with Crippen LogP contribution in [0.3, 0.4) is 0 Å². The summed E-state index contributed by atoms with van der Waals surface area (Å²) in [6, 6.07) is 0. The molecule has 4 nitrogen and oxygen atoms in total. The monoisotopic (exact) mass is 222 g/mol. The SMILES string of the molecule is CC(C)(Cc1cn2c(n1)CCCC2)C(=O)O. The topological polar surface area (TPSA) is 55.1 Å². The van der Waals surface area contributed by atoms with E-state index >= 15 is 0 Å². The number of rotatable bonds is 3. The van der Waals surface area contributed by atoms with Crippen molar-refractivity contribution in [2.45, 2.75) is 46.1 Å². The van der Waals surface area contributed by atoms with Gasteiger partial charge in [-0.1, -0.05) is 0 Å². The number of aromatic nitrogens is 2. The highest BCUT2D eigenvalue weighted by Gasteiger charge is 2.29. The van der Waals surface area contributed by atoms with Gasteiger partial charge in [-0.3, -0.25) is 4.79 Å². The highest BCUT2D eigenvalue weighted by molar-refractivity contribution is 5.73. The van der Waals surface area contributed by atoms with Crippen LogP contribution in [0.1, 0.15) is 38.2 Å². The lowest BCUT2D eigenvalue weighted by Crippen LogP contribution is -2.26. The highest BCUT2D eigenvalue weighted by atomic mass is 16.4. The minimum absolute atomic E-state index is 0.502. The van der Waals surface area contributed by atoms with Gasteiger partial charge in [0.2, 0.25) is 0 Å². The van der Waals surface area contributed by atoms with E-state index in [-0.39, 0.29) is 0 Å². The molecule has 0 atom stereocenters. The van der Waals surface area contributed by atoms with E-state index in [0.717, 1.165) is 24.5 Å². The third-order valence-electron chi connectivity index (χ3n) is 3.16. The summed E-state index contributed by atoms with van der Waals surface area (Å²) < 4.78 is 2.16. The van der Waals surface area contributed by atoms with E-state index in [2.05, 4.69) is 9.55 Å². The third kappa shape index (κ3) is 2.10. The lowest BCUT2D eigenvalue weighted by atomic mass is 9.88. The molecule has 1 aromatic rings. The van der Waals surface area contributed by atoms with Crippen LogP contribution in [0.15, 0.2) is 6.20 Å². The van der Waals surface area contributed by atoms with Crippen molar-refractivity contribution < 1.29 is 9.90 Å². The van der Waals surface area contributed by atoms with Crippen LogP contribution in [-0.2, 0) is 24.2 Å². The number of aliphatic carboxylic acids is 1. The van der Waals surface area contributed by atoms with Crippen molar-refractivity contribution in [1.29, 1.82) is 0 Å². The maximum atomic E-state index is 11.0. The fourth-order valence-electron chi connectivity index (χ4n) is 2.09. The second-order valence-corrected chi connectivity index (χ2v) is 5.16. The first-order valence-electron chi connectivity index (χ1n) is 5.77. The number of aryl methyl sites for hydroxylation is 2. The fourth-order valence-corrected chi connectivity index (χ4v) is 2.09. The maximum Gasteiger partial charge on any atom is 0.309 e. The van der Waals surface area contributed by atoms with Crippen LogP contribution in [0.4, 0.5) is 0 Å². The minimum Gasteiger partial charge on any atom is -0.481 e. The second kappa shape index (κ2) is 3.92. The van der Waals surface area contributed by atoms with Crippen LogP contribution < -0.4 is 0 Å². The molecule has 0 saturated carbocycles. The van der Waals surface area contributed by atoms with Crippen molar-refractivity contribution in [1.82, 2.24) is 9.55 Å². The molecule has 0 bridgehead atoms. The highest BCUT2D eigenvalue weighted by Crippen LogP contribution is 2.23. The number of fused-ring (bicyclic) bond motifs is 1. The van der Waals surface area contributed by atoms with Crippen molar-refractivity contribution in [3.8, 4) is 0 Å². The van der Waals surface area contributed by atoms with Gasteiger partial charge in [-0.05, 0) is 26.7 Å². The predicted octanol–water partition coefficient (Wildman–Crippen LogP) is 1.87. The molecule has 0 saturated heterocycles. The Kier molecular flexibility index (Phi) is 2.74. The van der Waals surface area contributed by atoms with Gasteiger partial charge in [-0.15, -0.1) is 0 Å². The smallest absolute Gasteiger partial charge is 0.309 e. The minimum atomic E-state index is -0.765. The molecule has 0 amide bonds. The van der Waals surface area contributed by atoms with Crippen LogP contribution in [0.25, 0.3) is 0 Å². The number of carbonyl (C=O) groups is 1.